The highest BCUT2D eigenvalue weighted by molar-refractivity contribution is 5.85. The van der Waals surface area contributed by atoms with E-state index in [4.69, 9.17) is 0 Å². The van der Waals surface area contributed by atoms with Crippen molar-refractivity contribution in [3.05, 3.63) is 0 Å². The van der Waals surface area contributed by atoms with Gasteiger partial charge in [-0.1, -0.05) is 0 Å². The third-order valence-electron chi connectivity index (χ3n) is 3.37. The van der Waals surface area contributed by atoms with Crippen molar-refractivity contribution in [3.8, 4) is 0 Å². The van der Waals surface area contributed by atoms with Crippen molar-refractivity contribution >= 4 is 11.9 Å². The standard InChI is InChI=1S/C12H19F2N3O2/c1-12(13,14)4-5-15-11(19)16-6-7-17(9-2-3-9)10(18)8-16/h9H,2-8H2,1H3,(H,15,19). The number of carbonyl (C=O) groups is 2. The molecule has 19 heavy (non-hydrogen) atoms. The molecular formula is C12H19F2N3O2. The molecule has 2 fully saturated rings. The molecule has 5 nitrogen and oxygen atoms in total. The molecule has 108 valence electrons. The Labute approximate surface area is 110 Å². The minimum atomic E-state index is -2.78. The number of piperazine rings is 1. The van der Waals surface area contributed by atoms with Crippen LogP contribution in [-0.2, 0) is 4.79 Å². The number of halogens is 2. The number of nitrogens with zero attached hydrogens (tertiary/aromatic N) is 2. The predicted octanol–water partition coefficient (Wildman–Crippen LogP) is 1.05. The summed E-state index contributed by atoms with van der Waals surface area (Å²) >= 11 is 0. The van der Waals surface area contributed by atoms with Crippen molar-refractivity contribution in [1.82, 2.24) is 15.1 Å². The Morgan fingerprint density at radius 1 is 1.42 bits per heavy atom. The fourth-order valence-corrected chi connectivity index (χ4v) is 2.13. The molecule has 0 atom stereocenters. The van der Waals surface area contributed by atoms with Crippen LogP contribution in [0.15, 0.2) is 0 Å². The molecular weight excluding hydrogens is 256 g/mol. The van der Waals surface area contributed by atoms with Crippen molar-refractivity contribution < 1.29 is 18.4 Å². The minimum absolute atomic E-state index is 0.0465. The molecule has 0 aromatic rings. The zero-order valence-corrected chi connectivity index (χ0v) is 11.0. The normalized spacial score (nSPS) is 20.7. The van der Waals surface area contributed by atoms with Gasteiger partial charge in [0, 0.05) is 32.1 Å². The van der Waals surface area contributed by atoms with Gasteiger partial charge >= 0.3 is 6.03 Å². The molecule has 1 saturated heterocycles. The molecule has 0 aromatic heterocycles. The summed E-state index contributed by atoms with van der Waals surface area (Å²) in [6.07, 6.45) is 1.70. The summed E-state index contributed by atoms with van der Waals surface area (Å²) in [7, 11) is 0. The molecule has 0 bridgehead atoms. The van der Waals surface area contributed by atoms with Crippen molar-refractivity contribution in [3.63, 3.8) is 0 Å². The second kappa shape index (κ2) is 5.30. The second-order valence-electron chi connectivity index (χ2n) is 5.29. The molecule has 3 amide bonds. The van der Waals surface area contributed by atoms with Gasteiger partial charge in [0.1, 0.15) is 6.54 Å². The summed E-state index contributed by atoms with van der Waals surface area (Å²) in [5.74, 6) is -2.84. The molecule has 0 radical (unpaired) electrons. The fourth-order valence-electron chi connectivity index (χ4n) is 2.13. The Kier molecular flexibility index (Phi) is 3.91. The van der Waals surface area contributed by atoms with E-state index < -0.39 is 18.4 Å². The maximum absolute atomic E-state index is 12.6. The van der Waals surface area contributed by atoms with Gasteiger partial charge in [-0.25, -0.2) is 13.6 Å². The van der Waals surface area contributed by atoms with Crippen LogP contribution in [0.3, 0.4) is 0 Å². The lowest BCUT2D eigenvalue weighted by molar-refractivity contribution is -0.135. The van der Waals surface area contributed by atoms with E-state index in [1.165, 1.54) is 4.90 Å². The van der Waals surface area contributed by atoms with E-state index in [-0.39, 0.29) is 19.0 Å². The summed E-state index contributed by atoms with van der Waals surface area (Å²) in [5, 5.41) is 2.43. The van der Waals surface area contributed by atoms with Crippen LogP contribution in [0.2, 0.25) is 0 Å². The van der Waals surface area contributed by atoms with Gasteiger partial charge in [0.25, 0.3) is 0 Å². The van der Waals surface area contributed by atoms with Crippen LogP contribution in [0, 0.1) is 0 Å². The Morgan fingerprint density at radius 2 is 2.11 bits per heavy atom. The number of hydrogen-bond acceptors (Lipinski definition) is 2. The van der Waals surface area contributed by atoms with E-state index in [0.29, 0.717) is 19.1 Å². The molecule has 1 saturated carbocycles. The summed E-state index contributed by atoms with van der Waals surface area (Å²) in [4.78, 5) is 26.7. The van der Waals surface area contributed by atoms with E-state index in [9.17, 15) is 18.4 Å². The van der Waals surface area contributed by atoms with Gasteiger partial charge in [0.15, 0.2) is 0 Å². The number of nitrogens with one attached hydrogen (secondary N) is 1. The first-order valence-corrected chi connectivity index (χ1v) is 6.57. The number of hydrogen-bond donors (Lipinski definition) is 1. The quantitative estimate of drug-likeness (QED) is 0.833. The van der Waals surface area contributed by atoms with Crippen molar-refractivity contribution in [2.45, 2.75) is 38.2 Å². The molecule has 2 rings (SSSR count). The Bertz CT molecular complexity index is 366. The topological polar surface area (TPSA) is 52.7 Å². The molecule has 2 aliphatic rings. The predicted molar refractivity (Wildman–Crippen MR) is 64.9 cm³/mol. The monoisotopic (exact) mass is 275 g/mol. The maximum Gasteiger partial charge on any atom is 0.317 e. The van der Waals surface area contributed by atoms with Crippen LogP contribution >= 0.6 is 0 Å². The van der Waals surface area contributed by atoms with Crippen LogP contribution in [0.5, 0.6) is 0 Å². The fraction of sp³-hybridized carbons (Fsp3) is 0.833. The molecule has 0 spiro atoms. The van der Waals surface area contributed by atoms with Gasteiger partial charge in [-0.05, 0) is 19.8 Å². The lowest BCUT2D eigenvalue weighted by atomic mass is 10.2. The van der Waals surface area contributed by atoms with E-state index >= 15 is 0 Å². The van der Waals surface area contributed by atoms with Crippen LogP contribution in [0.25, 0.3) is 0 Å². The van der Waals surface area contributed by atoms with Crippen molar-refractivity contribution in [2.75, 3.05) is 26.2 Å². The lowest BCUT2D eigenvalue weighted by Crippen LogP contribution is -2.55. The first-order chi connectivity index (χ1) is 8.87. The van der Waals surface area contributed by atoms with E-state index in [1.807, 2.05) is 4.90 Å². The molecule has 1 aliphatic carbocycles. The Balaban J connectivity index is 1.73. The Hall–Kier alpha value is -1.40. The highest BCUT2D eigenvalue weighted by Gasteiger charge is 2.36. The second-order valence-corrected chi connectivity index (χ2v) is 5.29. The van der Waals surface area contributed by atoms with Gasteiger partial charge in [0.2, 0.25) is 11.8 Å². The first kappa shape index (κ1) is 14.0. The van der Waals surface area contributed by atoms with Crippen molar-refractivity contribution in [1.29, 1.82) is 0 Å². The highest BCUT2D eigenvalue weighted by Crippen LogP contribution is 2.28. The number of urea groups is 1. The smallest absolute Gasteiger partial charge is 0.317 e. The number of alkyl halides is 2. The highest BCUT2D eigenvalue weighted by atomic mass is 19.3. The van der Waals surface area contributed by atoms with Crippen LogP contribution in [-0.4, -0.2) is 59.9 Å². The molecule has 7 heteroatoms. The number of amides is 3. The maximum atomic E-state index is 12.6. The van der Waals surface area contributed by atoms with Gasteiger partial charge in [-0.3, -0.25) is 4.79 Å². The van der Waals surface area contributed by atoms with Crippen LogP contribution in [0.4, 0.5) is 13.6 Å². The SMILES string of the molecule is CC(F)(F)CCNC(=O)N1CCN(C2CC2)C(=O)C1. The van der Waals surface area contributed by atoms with Gasteiger partial charge < -0.3 is 15.1 Å². The zero-order chi connectivity index (χ0) is 14.0. The lowest BCUT2D eigenvalue weighted by Gasteiger charge is -2.34. The minimum Gasteiger partial charge on any atom is -0.338 e. The summed E-state index contributed by atoms with van der Waals surface area (Å²) in [6, 6.07) is -0.0791. The van der Waals surface area contributed by atoms with Crippen LogP contribution in [0.1, 0.15) is 26.2 Å². The first-order valence-electron chi connectivity index (χ1n) is 6.57. The molecule has 1 N–H and O–H groups in total. The van der Waals surface area contributed by atoms with E-state index in [2.05, 4.69) is 5.32 Å². The molecule has 1 aliphatic heterocycles. The van der Waals surface area contributed by atoms with E-state index in [1.54, 1.807) is 0 Å². The average molecular weight is 275 g/mol. The number of rotatable bonds is 4. The average Bonchev–Trinajstić information content (AvgIpc) is 3.11. The van der Waals surface area contributed by atoms with Crippen molar-refractivity contribution in [2.24, 2.45) is 0 Å². The summed E-state index contributed by atoms with van der Waals surface area (Å²) < 4.78 is 25.2. The third-order valence-corrected chi connectivity index (χ3v) is 3.37. The summed E-state index contributed by atoms with van der Waals surface area (Å²) in [6.45, 7) is 1.79. The number of carbonyl (C=O) groups excluding carboxylic acids is 2. The molecule has 0 unspecified atom stereocenters. The molecule has 0 aromatic carbocycles. The largest absolute Gasteiger partial charge is 0.338 e. The van der Waals surface area contributed by atoms with E-state index in [0.717, 1.165) is 19.8 Å². The summed E-state index contributed by atoms with van der Waals surface area (Å²) in [5.41, 5.74) is 0. The van der Waals surface area contributed by atoms with Crippen LogP contribution < -0.4 is 5.32 Å². The molecule has 1 heterocycles. The van der Waals surface area contributed by atoms with Gasteiger partial charge in [0.05, 0.1) is 0 Å². The van der Waals surface area contributed by atoms with Gasteiger partial charge in [-0.15, -0.1) is 0 Å². The Morgan fingerprint density at radius 3 is 2.63 bits per heavy atom. The van der Waals surface area contributed by atoms with Gasteiger partial charge in [-0.2, -0.15) is 0 Å². The third kappa shape index (κ3) is 4.04. The zero-order valence-electron chi connectivity index (χ0n) is 11.0.